The van der Waals surface area contributed by atoms with Crippen LogP contribution in [0.2, 0.25) is 0 Å². The van der Waals surface area contributed by atoms with Crippen molar-refractivity contribution < 1.29 is 0 Å². The van der Waals surface area contributed by atoms with Crippen molar-refractivity contribution in [3.63, 3.8) is 0 Å². The predicted molar refractivity (Wildman–Crippen MR) is 37.9 cm³/mol. The Balaban J connectivity index is 2.48. The van der Waals surface area contributed by atoms with E-state index in [2.05, 4.69) is 9.97 Å². The maximum Gasteiger partial charge on any atom is 0.115 e. The highest BCUT2D eigenvalue weighted by atomic mass is 15.1. The lowest BCUT2D eigenvalue weighted by molar-refractivity contribution is 1.01. The predicted octanol–water partition coefficient (Wildman–Crippen LogP) is 1.20. The molecule has 1 N–H and O–H groups in total. The summed E-state index contributed by atoms with van der Waals surface area (Å²) in [5.74, 6) is 1.04. The third kappa shape index (κ3) is 0.719. The summed E-state index contributed by atoms with van der Waals surface area (Å²) < 4.78 is 1.92. The molecule has 0 aliphatic rings. The van der Waals surface area contributed by atoms with Gasteiger partial charge in [0.15, 0.2) is 0 Å². The third-order valence-corrected chi connectivity index (χ3v) is 1.36. The van der Waals surface area contributed by atoms with E-state index in [-0.39, 0.29) is 0 Å². The molecule has 0 spiro atoms. The molecule has 2 aromatic heterocycles. The van der Waals surface area contributed by atoms with Crippen molar-refractivity contribution in [3.05, 3.63) is 37.1 Å². The number of H-pyrrole nitrogens is 1. The zero-order valence-corrected chi connectivity index (χ0v) is 5.36. The fourth-order valence-electron chi connectivity index (χ4n) is 0.883. The number of hydrogen-bond acceptors (Lipinski definition) is 1. The number of nitrogens with one attached hydrogen (secondary N) is 1. The molecule has 0 unspecified atom stereocenters. The minimum absolute atomic E-state index is 1.04. The van der Waals surface area contributed by atoms with E-state index in [1.807, 2.05) is 29.1 Å². The van der Waals surface area contributed by atoms with Crippen LogP contribution < -0.4 is 0 Å². The minimum atomic E-state index is 1.04. The van der Waals surface area contributed by atoms with E-state index in [9.17, 15) is 0 Å². The number of hydrogen-bond donors (Lipinski definition) is 1. The molecule has 10 heavy (non-hydrogen) atoms. The van der Waals surface area contributed by atoms with Crippen molar-refractivity contribution >= 4 is 0 Å². The van der Waals surface area contributed by atoms with Crippen LogP contribution in [-0.2, 0) is 0 Å². The largest absolute Gasteiger partial charge is 0.348 e. The summed E-state index contributed by atoms with van der Waals surface area (Å²) in [5.41, 5.74) is 0. The summed E-state index contributed by atoms with van der Waals surface area (Å²) in [5, 5.41) is 0. The van der Waals surface area contributed by atoms with Crippen molar-refractivity contribution in [2.75, 3.05) is 0 Å². The Labute approximate surface area is 58.3 Å². The van der Waals surface area contributed by atoms with Gasteiger partial charge in [0.05, 0.1) is 0 Å². The number of aromatic nitrogens is 3. The van der Waals surface area contributed by atoms with Crippen LogP contribution in [0.25, 0.3) is 5.82 Å². The monoisotopic (exact) mass is 133 g/mol. The SMILES string of the molecule is c1c[nH]c(-n2ccnc2)c1. The van der Waals surface area contributed by atoms with Crippen molar-refractivity contribution in [3.8, 4) is 5.82 Å². The van der Waals surface area contributed by atoms with Gasteiger partial charge in [0.1, 0.15) is 12.1 Å². The van der Waals surface area contributed by atoms with Gasteiger partial charge in [-0.3, -0.25) is 4.57 Å². The van der Waals surface area contributed by atoms with Gasteiger partial charge in [-0.05, 0) is 12.1 Å². The first-order valence-corrected chi connectivity index (χ1v) is 3.08. The molecule has 0 atom stereocenters. The van der Waals surface area contributed by atoms with Crippen molar-refractivity contribution in [2.45, 2.75) is 0 Å². The average molecular weight is 133 g/mol. The molecule has 2 rings (SSSR count). The number of imidazole rings is 1. The van der Waals surface area contributed by atoms with Crippen LogP contribution in [0.1, 0.15) is 0 Å². The first-order valence-electron chi connectivity index (χ1n) is 3.08. The Morgan fingerprint density at radius 2 is 2.50 bits per heavy atom. The highest BCUT2D eigenvalue weighted by Gasteiger charge is 1.91. The zero-order chi connectivity index (χ0) is 6.81. The molecule has 0 aliphatic heterocycles. The molecule has 0 fully saturated rings. The highest BCUT2D eigenvalue weighted by molar-refractivity contribution is 5.21. The first kappa shape index (κ1) is 5.29. The summed E-state index contributed by atoms with van der Waals surface area (Å²) in [7, 11) is 0. The number of rotatable bonds is 1. The molecule has 2 heterocycles. The molecule has 0 aliphatic carbocycles. The Hall–Kier alpha value is -1.51. The third-order valence-electron chi connectivity index (χ3n) is 1.36. The maximum atomic E-state index is 3.92. The molecule has 2 aromatic rings. The van der Waals surface area contributed by atoms with Gasteiger partial charge in [0, 0.05) is 18.6 Å². The summed E-state index contributed by atoms with van der Waals surface area (Å²) >= 11 is 0. The first-order chi connectivity index (χ1) is 4.97. The van der Waals surface area contributed by atoms with Crippen LogP contribution in [0.3, 0.4) is 0 Å². The van der Waals surface area contributed by atoms with Crippen LogP contribution in [0.4, 0.5) is 0 Å². The summed E-state index contributed by atoms with van der Waals surface area (Å²) in [6.45, 7) is 0. The van der Waals surface area contributed by atoms with E-state index >= 15 is 0 Å². The lowest BCUT2D eigenvalue weighted by atomic mass is 10.6. The van der Waals surface area contributed by atoms with Crippen LogP contribution in [0.15, 0.2) is 37.1 Å². The molecule has 3 heteroatoms. The van der Waals surface area contributed by atoms with Gasteiger partial charge in [-0.25, -0.2) is 4.98 Å². The molecule has 0 bridgehead atoms. The van der Waals surface area contributed by atoms with Crippen LogP contribution >= 0.6 is 0 Å². The molecule has 50 valence electrons. The number of nitrogens with zero attached hydrogens (tertiary/aromatic N) is 2. The van der Waals surface area contributed by atoms with E-state index < -0.39 is 0 Å². The lowest BCUT2D eigenvalue weighted by Gasteiger charge is -1.93. The van der Waals surface area contributed by atoms with Gasteiger partial charge in [-0.2, -0.15) is 0 Å². The second-order valence-electron chi connectivity index (χ2n) is 2.03. The summed E-state index contributed by atoms with van der Waals surface area (Å²) in [6, 6.07) is 3.94. The molecular formula is C7H7N3. The molecule has 3 nitrogen and oxygen atoms in total. The van der Waals surface area contributed by atoms with Gasteiger partial charge in [-0.1, -0.05) is 0 Å². The Kier molecular flexibility index (Phi) is 1.07. The van der Waals surface area contributed by atoms with Crippen LogP contribution in [0.5, 0.6) is 0 Å². The molecule has 0 radical (unpaired) electrons. The van der Waals surface area contributed by atoms with Crippen molar-refractivity contribution in [1.29, 1.82) is 0 Å². The van der Waals surface area contributed by atoms with E-state index in [1.165, 1.54) is 0 Å². The van der Waals surface area contributed by atoms with Gasteiger partial charge >= 0.3 is 0 Å². The normalized spacial score (nSPS) is 10.0. The summed E-state index contributed by atoms with van der Waals surface area (Å²) in [6.07, 6.45) is 7.29. The van der Waals surface area contributed by atoms with Gasteiger partial charge in [-0.15, -0.1) is 0 Å². The van der Waals surface area contributed by atoms with Crippen molar-refractivity contribution in [1.82, 2.24) is 14.5 Å². The second kappa shape index (κ2) is 2.02. The average Bonchev–Trinajstić information content (AvgIpc) is 2.59. The van der Waals surface area contributed by atoms with E-state index in [1.54, 1.807) is 12.5 Å². The molecule has 0 amide bonds. The quantitative estimate of drug-likeness (QED) is 0.623. The molecule has 0 saturated heterocycles. The van der Waals surface area contributed by atoms with E-state index in [0.29, 0.717) is 0 Å². The van der Waals surface area contributed by atoms with E-state index in [4.69, 9.17) is 0 Å². The van der Waals surface area contributed by atoms with Gasteiger partial charge in [0.2, 0.25) is 0 Å². The van der Waals surface area contributed by atoms with Gasteiger partial charge in [0.25, 0.3) is 0 Å². The minimum Gasteiger partial charge on any atom is -0.348 e. The van der Waals surface area contributed by atoms with Crippen LogP contribution in [-0.4, -0.2) is 14.5 Å². The Morgan fingerprint density at radius 1 is 1.50 bits per heavy atom. The van der Waals surface area contributed by atoms with Crippen molar-refractivity contribution in [2.24, 2.45) is 0 Å². The highest BCUT2D eigenvalue weighted by Crippen LogP contribution is 2.00. The van der Waals surface area contributed by atoms with E-state index in [0.717, 1.165) is 5.82 Å². The fourth-order valence-corrected chi connectivity index (χ4v) is 0.883. The summed E-state index contributed by atoms with van der Waals surface area (Å²) in [4.78, 5) is 6.98. The lowest BCUT2D eigenvalue weighted by Crippen LogP contribution is -1.87. The Morgan fingerprint density at radius 3 is 3.10 bits per heavy atom. The number of aromatic amines is 1. The topological polar surface area (TPSA) is 33.6 Å². The molecule has 0 saturated carbocycles. The smallest absolute Gasteiger partial charge is 0.115 e. The Bertz CT molecular complexity index is 248. The van der Waals surface area contributed by atoms with Crippen LogP contribution in [0, 0.1) is 0 Å². The second-order valence-corrected chi connectivity index (χ2v) is 2.03. The maximum absolute atomic E-state index is 3.92. The fraction of sp³-hybridized carbons (Fsp3) is 0. The van der Waals surface area contributed by atoms with Gasteiger partial charge < -0.3 is 4.98 Å². The standard InChI is InChI=1S/C7H7N3/c1-2-7(9-3-1)10-5-4-8-6-10/h1-6,9H. The zero-order valence-electron chi connectivity index (χ0n) is 5.36. The molecule has 0 aromatic carbocycles. The molecular weight excluding hydrogens is 126 g/mol.